The Kier molecular flexibility index (Phi) is 4.05. The number of benzene rings is 1. The molecule has 24 heavy (non-hydrogen) atoms. The average Bonchev–Trinajstić information content (AvgIpc) is 3.25. The number of hydrogen-bond donors (Lipinski definition) is 0. The Hall–Kier alpha value is -2.23. The van der Waals surface area contributed by atoms with Gasteiger partial charge >= 0.3 is 0 Å². The molecular weight excluding hydrogens is 300 g/mol. The fourth-order valence-electron chi connectivity index (χ4n) is 3.99. The zero-order chi connectivity index (χ0) is 16.5. The Morgan fingerprint density at radius 2 is 1.79 bits per heavy atom. The molecule has 2 aliphatic rings. The van der Waals surface area contributed by atoms with Crippen molar-refractivity contribution in [3.05, 3.63) is 54.4 Å². The smallest absolute Gasteiger partial charge is 0.226 e. The van der Waals surface area contributed by atoms with Crippen molar-refractivity contribution in [3.63, 3.8) is 0 Å². The Morgan fingerprint density at radius 1 is 1.08 bits per heavy atom. The summed E-state index contributed by atoms with van der Waals surface area (Å²) in [5.74, 6) is 1.71. The highest BCUT2D eigenvalue weighted by Gasteiger charge is 2.47. The molecule has 126 valence electrons. The molecule has 2 atom stereocenters. The maximum absolute atomic E-state index is 12.8. The Bertz CT molecular complexity index is 702. The third-order valence-corrected chi connectivity index (χ3v) is 5.47. The first-order valence-corrected chi connectivity index (χ1v) is 8.82. The number of carbonyl (C=O) groups excluding carboxylic acids is 1. The van der Waals surface area contributed by atoms with Crippen LogP contribution in [-0.4, -0.2) is 35.6 Å². The van der Waals surface area contributed by atoms with Gasteiger partial charge < -0.3 is 14.2 Å². The zero-order valence-corrected chi connectivity index (χ0v) is 14.1. The summed E-state index contributed by atoms with van der Waals surface area (Å²) in [6.07, 6.45) is 7.30. The summed E-state index contributed by atoms with van der Waals surface area (Å²) in [5.41, 5.74) is 1.18. The molecule has 1 aliphatic carbocycles. The summed E-state index contributed by atoms with van der Waals surface area (Å²) < 4.78 is 7.72. The van der Waals surface area contributed by atoms with Gasteiger partial charge in [0, 0.05) is 37.4 Å². The van der Waals surface area contributed by atoms with Crippen LogP contribution in [0, 0.1) is 5.92 Å². The maximum Gasteiger partial charge on any atom is 0.226 e. The Morgan fingerprint density at radius 3 is 2.50 bits per heavy atom. The average molecular weight is 324 g/mol. The second-order valence-corrected chi connectivity index (χ2v) is 6.88. The van der Waals surface area contributed by atoms with E-state index in [2.05, 4.69) is 40.1 Å². The Labute approximate surface area is 143 Å². The largest absolute Gasteiger partial charge is 0.496 e. The van der Waals surface area contributed by atoms with Crippen LogP contribution >= 0.6 is 0 Å². The molecule has 1 aliphatic heterocycles. The molecule has 0 spiro atoms. The van der Waals surface area contributed by atoms with Crippen LogP contribution in [0.4, 0.5) is 0 Å². The van der Waals surface area contributed by atoms with Gasteiger partial charge in [-0.15, -0.1) is 0 Å². The van der Waals surface area contributed by atoms with Gasteiger partial charge in [0.25, 0.3) is 0 Å². The van der Waals surface area contributed by atoms with Gasteiger partial charge in [-0.1, -0.05) is 18.2 Å². The van der Waals surface area contributed by atoms with Gasteiger partial charge in [-0.25, -0.2) is 0 Å². The van der Waals surface area contributed by atoms with Crippen LogP contribution in [0.5, 0.6) is 5.75 Å². The fraction of sp³-hybridized carbons (Fsp3) is 0.450. The third-order valence-electron chi connectivity index (χ3n) is 5.47. The number of amides is 1. The number of nitrogens with zero attached hydrogens (tertiary/aromatic N) is 2. The van der Waals surface area contributed by atoms with Crippen LogP contribution in [0.25, 0.3) is 0 Å². The second-order valence-electron chi connectivity index (χ2n) is 6.88. The highest BCUT2D eigenvalue weighted by Crippen LogP contribution is 2.51. The predicted octanol–water partition coefficient (Wildman–Crippen LogP) is 3.46. The molecule has 4 rings (SSSR count). The van der Waals surface area contributed by atoms with Gasteiger partial charge in [0.05, 0.1) is 7.11 Å². The summed E-state index contributed by atoms with van der Waals surface area (Å²) in [6, 6.07) is 12.8. The summed E-state index contributed by atoms with van der Waals surface area (Å²) in [6.45, 7) is 1.74. The van der Waals surface area contributed by atoms with Gasteiger partial charge in [-0.3, -0.25) is 4.79 Å². The van der Waals surface area contributed by atoms with E-state index >= 15 is 0 Å². The third kappa shape index (κ3) is 2.81. The van der Waals surface area contributed by atoms with Crippen molar-refractivity contribution >= 4 is 5.91 Å². The van der Waals surface area contributed by atoms with Crippen LogP contribution in [0.1, 0.15) is 36.8 Å². The lowest BCUT2D eigenvalue weighted by Crippen LogP contribution is -2.40. The molecule has 0 N–H and O–H groups in total. The number of likely N-dealkylation sites (tertiary alicyclic amines) is 1. The van der Waals surface area contributed by atoms with Crippen LogP contribution in [0.2, 0.25) is 0 Å². The number of piperidine rings is 1. The highest BCUT2D eigenvalue weighted by molar-refractivity contribution is 5.83. The normalized spacial score (nSPS) is 24.0. The van der Waals surface area contributed by atoms with Crippen molar-refractivity contribution in [2.75, 3.05) is 20.2 Å². The number of rotatable bonds is 4. The standard InChI is InChI=1S/C20H24N2O2/c1-24-19-7-3-2-6-16(19)17-14-18(17)20(23)22-12-8-15(9-13-22)21-10-4-5-11-21/h2-7,10-11,15,17-18H,8-9,12-14H2,1H3/t17-,18+/m1/s1. The lowest BCUT2D eigenvalue weighted by Gasteiger charge is -2.33. The molecule has 0 radical (unpaired) electrons. The number of carbonyl (C=O) groups is 1. The minimum atomic E-state index is 0.143. The molecule has 4 heteroatoms. The van der Waals surface area contributed by atoms with Crippen molar-refractivity contribution in [3.8, 4) is 5.75 Å². The molecule has 2 aromatic rings. The second kappa shape index (κ2) is 6.34. The molecular formula is C20H24N2O2. The number of para-hydroxylation sites is 1. The Balaban J connectivity index is 1.36. The predicted molar refractivity (Wildman–Crippen MR) is 93.1 cm³/mol. The highest BCUT2D eigenvalue weighted by atomic mass is 16.5. The fourth-order valence-corrected chi connectivity index (χ4v) is 3.99. The van der Waals surface area contributed by atoms with Crippen molar-refractivity contribution < 1.29 is 9.53 Å². The van der Waals surface area contributed by atoms with Gasteiger partial charge in [0.2, 0.25) is 5.91 Å². The van der Waals surface area contributed by atoms with Crippen molar-refractivity contribution in [1.82, 2.24) is 9.47 Å². The summed E-state index contributed by atoms with van der Waals surface area (Å²) >= 11 is 0. The number of methoxy groups -OCH3 is 1. The SMILES string of the molecule is COc1ccccc1[C@H]1C[C@@H]1C(=O)N1CCC(n2cccc2)CC1. The minimum Gasteiger partial charge on any atom is -0.496 e. The zero-order valence-electron chi connectivity index (χ0n) is 14.1. The first kappa shape index (κ1) is 15.3. The van der Waals surface area contributed by atoms with Crippen molar-refractivity contribution in [2.45, 2.75) is 31.2 Å². The first-order chi connectivity index (χ1) is 11.8. The van der Waals surface area contributed by atoms with E-state index in [4.69, 9.17) is 4.74 Å². The first-order valence-electron chi connectivity index (χ1n) is 8.82. The summed E-state index contributed by atoms with van der Waals surface area (Å²) in [4.78, 5) is 14.9. The molecule has 1 amide bonds. The molecule has 2 heterocycles. The van der Waals surface area contributed by atoms with E-state index in [1.165, 1.54) is 5.56 Å². The molecule has 1 aromatic heterocycles. The van der Waals surface area contributed by atoms with Crippen LogP contribution < -0.4 is 4.74 Å². The van der Waals surface area contributed by atoms with E-state index in [-0.39, 0.29) is 5.92 Å². The number of aromatic nitrogens is 1. The number of hydrogen-bond acceptors (Lipinski definition) is 2. The molecule has 0 bridgehead atoms. The molecule has 0 unspecified atom stereocenters. The molecule has 1 aromatic carbocycles. The van der Waals surface area contributed by atoms with Crippen LogP contribution in [0.15, 0.2) is 48.8 Å². The van der Waals surface area contributed by atoms with Crippen LogP contribution in [0.3, 0.4) is 0 Å². The van der Waals surface area contributed by atoms with Gasteiger partial charge in [-0.05, 0) is 48.9 Å². The van der Waals surface area contributed by atoms with Gasteiger partial charge in [0.1, 0.15) is 5.75 Å². The van der Waals surface area contributed by atoms with Gasteiger partial charge in [-0.2, -0.15) is 0 Å². The quantitative estimate of drug-likeness (QED) is 0.863. The molecule has 4 nitrogen and oxygen atoms in total. The lowest BCUT2D eigenvalue weighted by molar-refractivity contribution is -0.134. The lowest BCUT2D eigenvalue weighted by atomic mass is 10.0. The van der Waals surface area contributed by atoms with Crippen molar-refractivity contribution in [2.24, 2.45) is 5.92 Å². The monoisotopic (exact) mass is 324 g/mol. The maximum atomic E-state index is 12.8. The molecule has 1 saturated carbocycles. The summed E-state index contributed by atoms with van der Waals surface area (Å²) in [7, 11) is 1.70. The van der Waals surface area contributed by atoms with E-state index in [1.807, 2.05) is 18.2 Å². The molecule has 2 fully saturated rings. The van der Waals surface area contributed by atoms with Crippen LogP contribution in [-0.2, 0) is 4.79 Å². The van der Waals surface area contributed by atoms with Crippen molar-refractivity contribution in [1.29, 1.82) is 0 Å². The summed E-state index contributed by atoms with van der Waals surface area (Å²) in [5, 5.41) is 0. The van der Waals surface area contributed by atoms with E-state index in [0.29, 0.717) is 17.9 Å². The van der Waals surface area contributed by atoms with E-state index in [9.17, 15) is 4.79 Å². The topological polar surface area (TPSA) is 34.5 Å². The minimum absolute atomic E-state index is 0.143. The van der Waals surface area contributed by atoms with E-state index in [0.717, 1.165) is 38.1 Å². The van der Waals surface area contributed by atoms with E-state index < -0.39 is 0 Å². The molecule has 1 saturated heterocycles. The number of ether oxygens (including phenoxy) is 1. The van der Waals surface area contributed by atoms with E-state index in [1.54, 1.807) is 7.11 Å². The van der Waals surface area contributed by atoms with Gasteiger partial charge in [0.15, 0.2) is 0 Å².